The van der Waals surface area contributed by atoms with E-state index < -0.39 is 24.0 Å². The molecule has 2 aromatic rings. The molecule has 0 saturated carbocycles. The van der Waals surface area contributed by atoms with E-state index in [1.165, 1.54) is 11.3 Å². The van der Waals surface area contributed by atoms with E-state index in [2.05, 4.69) is 10.3 Å². The average molecular weight is 525 g/mol. The summed E-state index contributed by atoms with van der Waals surface area (Å²) in [7, 11) is 0. The van der Waals surface area contributed by atoms with Gasteiger partial charge in [0.05, 0.1) is 35.4 Å². The van der Waals surface area contributed by atoms with Crippen LogP contribution in [0.25, 0.3) is 0 Å². The summed E-state index contributed by atoms with van der Waals surface area (Å²) in [6.45, 7) is 2.81. The summed E-state index contributed by atoms with van der Waals surface area (Å²) in [5.74, 6) is -1.13. The summed E-state index contributed by atoms with van der Waals surface area (Å²) in [6, 6.07) is 3.44. The van der Waals surface area contributed by atoms with Gasteiger partial charge in [-0.05, 0) is 13.0 Å². The Bertz CT molecular complexity index is 1140. The number of carbonyl (C=O) groups is 2. The number of carboxylic acid groups (broad SMARTS) is 1. The van der Waals surface area contributed by atoms with Crippen molar-refractivity contribution in [2.75, 3.05) is 32.9 Å². The Morgan fingerprint density at radius 3 is 2.91 bits per heavy atom. The van der Waals surface area contributed by atoms with Gasteiger partial charge in [-0.1, -0.05) is 35.3 Å². The standard InChI is InChI=1S/C22H22Cl2N4O5S/c1-2-33-22(31)16-14(10-28-7-8-32-11-15(28)21(29)30)26-19(20-25-6-9-34-20)27-18(16)12-4-3-5-13(23)17(12)24/h3-6,9,15,18H,2,7-8,10-11H2,1H3,(H,26,27)(H,29,30)/t15-,18-/m0/s1. The number of ether oxygens (including phenoxy) is 2. The zero-order valence-corrected chi connectivity index (χ0v) is 20.5. The van der Waals surface area contributed by atoms with Crippen LogP contribution in [0.3, 0.4) is 0 Å². The number of nitrogens with zero attached hydrogens (tertiary/aromatic N) is 3. The fraction of sp³-hybridized carbons (Fsp3) is 0.364. The summed E-state index contributed by atoms with van der Waals surface area (Å²) >= 11 is 14.2. The van der Waals surface area contributed by atoms with Gasteiger partial charge in [0.1, 0.15) is 12.1 Å². The Morgan fingerprint density at radius 2 is 2.21 bits per heavy atom. The lowest BCUT2D eigenvalue weighted by Gasteiger charge is -2.35. The first-order chi connectivity index (χ1) is 16.4. The Kier molecular flexibility index (Phi) is 7.84. The number of rotatable bonds is 7. The van der Waals surface area contributed by atoms with Gasteiger partial charge in [-0.15, -0.1) is 11.3 Å². The summed E-state index contributed by atoms with van der Waals surface area (Å²) in [5, 5.41) is 15.9. The lowest BCUT2D eigenvalue weighted by molar-refractivity contribution is -0.149. The van der Waals surface area contributed by atoms with Gasteiger partial charge in [0.25, 0.3) is 0 Å². The summed E-state index contributed by atoms with van der Waals surface area (Å²) in [5.41, 5.74) is 1.23. The molecule has 1 aromatic heterocycles. The molecule has 2 aliphatic heterocycles. The zero-order chi connectivity index (χ0) is 24.2. The molecule has 1 fully saturated rings. The number of carboxylic acids is 1. The maximum Gasteiger partial charge on any atom is 0.338 e. The van der Waals surface area contributed by atoms with Gasteiger partial charge in [0.15, 0.2) is 10.8 Å². The number of morpholine rings is 1. The molecule has 2 aliphatic rings. The molecule has 4 rings (SSSR count). The van der Waals surface area contributed by atoms with Gasteiger partial charge < -0.3 is 19.9 Å². The number of carbonyl (C=O) groups excluding carboxylic acids is 1. The van der Waals surface area contributed by atoms with Gasteiger partial charge in [-0.25, -0.2) is 9.78 Å². The van der Waals surface area contributed by atoms with Crippen LogP contribution in [0.2, 0.25) is 10.0 Å². The molecule has 12 heteroatoms. The highest BCUT2D eigenvalue weighted by molar-refractivity contribution is 7.11. The van der Waals surface area contributed by atoms with E-state index >= 15 is 0 Å². The molecule has 180 valence electrons. The minimum Gasteiger partial charge on any atom is -0.480 e. The van der Waals surface area contributed by atoms with Crippen LogP contribution in [-0.4, -0.2) is 71.7 Å². The highest BCUT2D eigenvalue weighted by atomic mass is 35.5. The predicted molar refractivity (Wildman–Crippen MR) is 128 cm³/mol. The number of esters is 1. The van der Waals surface area contributed by atoms with Crippen LogP contribution in [0.15, 0.2) is 46.0 Å². The monoisotopic (exact) mass is 524 g/mol. The van der Waals surface area contributed by atoms with E-state index in [0.717, 1.165) is 0 Å². The van der Waals surface area contributed by atoms with Crippen LogP contribution in [0.1, 0.15) is 23.5 Å². The third kappa shape index (κ3) is 5.11. The van der Waals surface area contributed by atoms with E-state index in [0.29, 0.717) is 40.3 Å². The van der Waals surface area contributed by atoms with Crippen molar-refractivity contribution in [1.29, 1.82) is 0 Å². The van der Waals surface area contributed by atoms with E-state index in [-0.39, 0.29) is 30.4 Å². The highest BCUT2D eigenvalue weighted by Gasteiger charge is 2.37. The molecule has 0 spiro atoms. The largest absolute Gasteiger partial charge is 0.480 e. The Labute approximate surface area is 210 Å². The zero-order valence-electron chi connectivity index (χ0n) is 18.2. The van der Waals surface area contributed by atoms with Crippen molar-refractivity contribution in [3.05, 3.63) is 61.7 Å². The molecule has 2 N–H and O–H groups in total. The molecule has 3 heterocycles. The third-order valence-corrected chi connectivity index (χ3v) is 7.03. The Hall–Kier alpha value is -2.50. The number of amidine groups is 1. The van der Waals surface area contributed by atoms with Gasteiger partial charge in [-0.3, -0.25) is 14.7 Å². The van der Waals surface area contributed by atoms with Gasteiger partial charge in [0.2, 0.25) is 0 Å². The molecule has 1 aromatic carbocycles. The first-order valence-electron chi connectivity index (χ1n) is 10.5. The molecule has 1 saturated heterocycles. The number of aliphatic carboxylic acids is 1. The molecule has 2 atom stereocenters. The number of benzene rings is 1. The SMILES string of the molecule is CCOC(=O)C1=C(CN2CCOC[C@H]2C(=O)O)NC(c2nccs2)=N[C@H]1c1cccc(Cl)c1Cl. The maximum absolute atomic E-state index is 13.2. The molecular weight excluding hydrogens is 503 g/mol. The predicted octanol–water partition coefficient (Wildman–Crippen LogP) is 3.14. The number of hydrogen-bond acceptors (Lipinski definition) is 9. The second-order valence-electron chi connectivity index (χ2n) is 7.50. The number of halogens is 2. The number of aliphatic imine (C=N–C) groups is 1. The Balaban J connectivity index is 1.84. The minimum absolute atomic E-state index is 0.0499. The summed E-state index contributed by atoms with van der Waals surface area (Å²) in [4.78, 5) is 35.9. The van der Waals surface area contributed by atoms with E-state index in [1.807, 2.05) is 5.38 Å². The lowest BCUT2D eigenvalue weighted by Crippen LogP contribution is -2.52. The molecule has 9 nitrogen and oxygen atoms in total. The smallest absolute Gasteiger partial charge is 0.338 e. The van der Waals surface area contributed by atoms with Gasteiger partial charge in [-0.2, -0.15) is 0 Å². The number of hydrogen-bond donors (Lipinski definition) is 2. The molecule has 0 aliphatic carbocycles. The Morgan fingerprint density at radius 1 is 1.38 bits per heavy atom. The molecule has 0 unspecified atom stereocenters. The fourth-order valence-corrected chi connectivity index (χ4v) is 4.83. The first-order valence-corrected chi connectivity index (χ1v) is 12.2. The highest BCUT2D eigenvalue weighted by Crippen LogP contribution is 2.39. The average Bonchev–Trinajstić information content (AvgIpc) is 3.36. The van der Waals surface area contributed by atoms with Crippen LogP contribution in [-0.2, 0) is 19.1 Å². The van der Waals surface area contributed by atoms with Crippen molar-refractivity contribution in [2.45, 2.75) is 19.0 Å². The molecular formula is C22H22Cl2N4O5S. The summed E-state index contributed by atoms with van der Waals surface area (Å²) in [6.07, 6.45) is 1.65. The van der Waals surface area contributed by atoms with Crippen molar-refractivity contribution in [3.63, 3.8) is 0 Å². The first kappa shape index (κ1) is 24.6. The van der Waals surface area contributed by atoms with Crippen molar-refractivity contribution >= 4 is 52.3 Å². The topological polar surface area (TPSA) is 113 Å². The third-order valence-electron chi connectivity index (χ3n) is 5.42. The maximum atomic E-state index is 13.2. The van der Waals surface area contributed by atoms with Crippen LogP contribution < -0.4 is 5.32 Å². The molecule has 34 heavy (non-hydrogen) atoms. The molecule has 0 bridgehead atoms. The van der Waals surface area contributed by atoms with Gasteiger partial charge in [0, 0.05) is 35.9 Å². The fourth-order valence-electron chi connectivity index (χ4n) is 3.83. The quantitative estimate of drug-likeness (QED) is 0.531. The summed E-state index contributed by atoms with van der Waals surface area (Å²) < 4.78 is 10.7. The van der Waals surface area contributed by atoms with Crippen LogP contribution in [0, 0.1) is 0 Å². The van der Waals surface area contributed by atoms with Crippen LogP contribution >= 0.6 is 34.5 Å². The molecule has 0 amide bonds. The minimum atomic E-state index is -1.00. The van der Waals surface area contributed by atoms with E-state index in [9.17, 15) is 14.7 Å². The van der Waals surface area contributed by atoms with E-state index in [1.54, 1.807) is 36.2 Å². The van der Waals surface area contributed by atoms with Crippen LogP contribution in [0.5, 0.6) is 0 Å². The van der Waals surface area contributed by atoms with Crippen molar-refractivity contribution in [2.24, 2.45) is 4.99 Å². The second-order valence-corrected chi connectivity index (χ2v) is 9.18. The number of thiazole rings is 1. The van der Waals surface area contributed by atoms with Gasteiger partial charge >= 0.3 is 11.9 Å². The number of aromatic nitrogens is 1. The van der Waals surface area contributed by atoms with Crippen LogP contribution in [0.4, 0.5) is 0 Å². The normalized spacial score (nSPS) is 21.1. The van der Waals surface area contributed by atoms with Crippen molar-refractivity contribution in [3.8, 4) is 0 Å². The number of nitrogens with one attached hydrogen (secondary N) is 1. The lowest BCUT2D eigenvalue weighted by atomic mass is 9.95. The van der Waals surface area contributed by atoms with E-state index in [4.69, 9.17) is 37.7 Å². The second kappa shape index (κ2) is 10.8. The molecule has 0 radical (unpaired) electrons. The van der Waals surface area contributed by atoms with Crippen molar-refractivity contribution < 1.29 is 24.2 Å². The van der Waals surface area contributed by atoms with Crippen molar-refractivity contribution in [1.82, 2.24) is 15.2 Å².